The Hall–Kier alpha value is -2.12. The quantitative estimate of drug-likeness (QED) is 0.538. The molecule has 30 heavy (non-hydrogen) atoms. The van der Waals surface area contributed by atoms with E-state index in [1.165, 1.54) is 24.0 Å². The molecule has 158 valence electrons. The van der Waals surface area contributed by atoms with Crippen LogP contribution in [0.25, 0.3) is 0 Å². The van der Waals surface area contributed by atoms with Gasteiger partial charge in [0.15, 0.2) is 5.82 Å². The summed E-state index contributed by atoms with van der Waals surface area (Å²) in [4.78, 5) is 22.6. The second-order valence-electron chi connectivity index (χ2n) is 8.84. The number of anilines is 1. The standard InChI is InChI=1S/C23H28N4O2S/c24-21-18-4-2-1-3-17(18)11-23(21)7-9-27(10-8-23)22-19(13-29-15-28)26-20(12-25-22)30-14-16-5-6-16/h1-4,12,15-16,21H,5-11,13-14,24H2/t21-/m1/s1. The maximum Gasteiger partial charge on any atom is 0.293 e. The summed E-state index contributed by atoms with van der Waals surface area (Å²) in [5, 5.41) is 0.914. The molecule has 1 aromatic carbocycles. The van der Waals surface area contributed by atoms with Gasteiger partial charge >= 0.3 is 0 Å². The van der Waals surface area contributed by atoms with E-state index in [1.807, 2.05) is 6.20 Å². The van der Waals surface area contributed by atoms with E-state index >= 15 is 0 Å². The fourth-order valence-electron chi connectivity index (χ4n) is 4.90. The van der Waals surface area contributed by atoms with Crippen molar-refractivity contribution in [3.05, 3.63) is 47.3 Å². The van der Waals surface area contributed by atoms with Gasteiger partial charge in [0, 0.05) is 24.9 Å². The van der Waals surface area contributed by atoms with Gasteiger partial charge in [-0.25, -0.2) is 9.97 Å². The third-order valence-electron chi connectivity index (χ3n) is 6.90. The van der Waals surface area contributed by atoms with Crippen molar-refractivity contribution in [1.29, 1.82) is 0 Å². The van der Waals surface area contributed by atoms with Crippen LogP contribution in [0.1, 0.15) is 48.5 Å². The highest BCUT2D eigenvalue weighted by Crippen LogP contribution is 2.51. The lowest BCUT2D eigenvalue weighted by atomic mass is 9.73. The van der Waals surface area contributed by atoms with E-state index in [1.54, 1.807) is 11.8 Å². The number of nitrogens with two attached hydrogens (primary N) is 1. The van der Waals surface area contributed by atoms with Gasteiger partial charge in [0.2, 0.25) is 0 Å². The van der Waals surface area contributed by atoms with Crippen LogP contribution in [-0.2, 0) is 22.6 Å². The molecular weight excluding hydrogens is 396 g/mol. The van der Waals surface area contributed by atoms with Crippen LogP contribution in [0, 0.1) is 11.3 Å². The number of benzene rings is 1. The lowest BCUT2D eigenvalue weighted by Crippen LogP contribution is -2.45. The van der Waals surface area contributed by atoms with Crippen molar-refractivity contribution >= 4 is 24.1 Å². The number of carbonyl (C=O) groups is 1. The molecule has 1 saturated carbocycles. The predicted molar refractivity (Wildman–Crippen MR) is 117 cm³/mol. The fraction of sp³-hybridized carbons (Fsp3) is 0.522. The number of hydrogen-bond acceptors (Lipinski definition) is 7. The summed E-state index contributed by atoms with van der Waals surface area (Å²) in [5.41, 5.74) is 10.3. The monoisotopic (exact) mass is 424 g/mol. The Balaban J connectivity index is 1.31. The zero-order valence-corrected chi connectivity index (χ0v) is 17.9. The summed E-state index contributed by atoms with van der Waals surface area (Å²) in [6.45, 7) is 2.42. The van der Waals surface area contributed by atoms with Crippen molar-refractivity contribution in [1.82, 2.24) is 9.97 Å². The molecule has 0 radical (unpaired) electrons. The molecule has 5 rings (SSSR count). The van der Waals surface area contributed by atoms with Crippen molar-refractivity contribution in [2.24, 2.45) is 17.1 Å². The van der Waals surface area contributed by atoms with Crippen LogP contribution in [0.3, 0.4) is 0 Å². The van der Waals surface area contributed by atoms with E-state index in [0.29, 0.717) is 6.47 Å². The van der Waals surface area contributed by atoms with Gasteiger partial charge < -0.3 is 15.4 Å². The van der Waals surface area contributed by atoms with Crippen LogP contribution in [-0.4, -0.2) is 35.3 Å². The summed E-state index contributed by atoms with van der Waals surface area (Å²) in [5.74, 6) is 2.75. The minimum atomic E-state index is 0.0981. The highest BCUT2D eigenvalue weighted by Gasteiger charge is 2.46. The van der Waals surface area contributed by atoms with Crippen LogP contribution in [0.4, 0.5) is 5.82 Å². The third-order valence-corrected chi connectivity index (χ3v) is 8.03. The molecule has 2 aliphatic carbocycles. The van der Waals surface area contributed by atoms with Crippen molar-refractivity contribution in [3.8, 4) is 0 Å². The first-order chi connectivity index (χ1) is 14.7. The van der Waals surface area contributed by atoms with Gasteiger partial charge in [0.05, 0.1) is 6.20 Å². The molecule has 6 nitrogen and oxygen atoms in total. The normalized spacial score (nSPS) is 22.2. The summed E-state index contributed by atoms with van der Waals surface area (Å²) in [6.07, 6.45) is 7.62. The number of piperidine rings is 1. The van der Waals surface area contributed by atoms with Gasteiger partial charge in [-0.1, -0.05) is 24.3 Å². The molecule has 0 amide bonds. The maximum absolute atomic E-state index is 10.8. The Bertz CT molecular complexity index is 925. The molecule has 1 atom stereocenters. The second-order valence-corrected chi connectivity index (χ2v) is 9.88. The lowest BCUT2D eigenvalue weighted by molar-refractivity contribution is -0.129. The molecule has 0 unspecified atom stereocenters. The van der Waals surface area contributed by atoms with Gasteiger partial charge in [-0.2, -0.15) is 0 Å². The van der Waals surface area contributed by atoms with Crippen LogP contribution in [0.5, 0.6) is 0 Å². The first-order valence-electron chi connectivity index (χ1n) is 10.8. The molecule has 1 spiro atoms. The smallest absolute Gasteiger partial charge is 0.293 e. The zero-order valence-electron chi connectivity index (χ0n) is 17.1. The lowest BCUT2D eigenvalue weighted by Gasteiger charge is -2.42. The minimum Gasteiger partial charge on any atom is -0.461 e. The molecule has 0 bridgehead atoms. The Kier molecular flexibility index (Phi) is 5.41. The molecule has 2 aromatic rings. The maximum atomic E-state index is 10.8. The number of ether oxygens (including phenoxy) is 1. The Morgan fingerprint density at radius 3 is 2.80 bits per heavy atom. The van der Waals surface area contributed by atoms with Crippen molar-refractivity contribution in [3.63, 3.8) is 0 Å². The molecule has 2 fully saturated rings. The number of hydrogen-bond donors (Lipinski definition) is 1. The van der Waals surface area contributed by atoms with Crippen LogP contribution >= 0.6 is 11.8 Å². The van der Waals surface area contributed by atoms with Crippen LogP contribution in [0.2, 0.25) is 0 Å². The van der Waals surface area contributed by atoms with Crippen molar-refractivity contribution < 1.29 is 9.53 Å². The molecule has 2 heterocycles. The molecule has 2 N–H and O–H groups in total. The number of rotatable bonds is 7. The van der Waals surface area contributed by atoms with E-state index < -0.39 is 0 Å². The summed E-state index contributed by atoms with van der Waals surface area (Å²) in [7, 11) is 0. The number of thioether (sulfide) groups is 1. The van der Waals surface area contributed by atoms with E-state index in [2.05, 4.69) is 29.2 Å². The number of nitrogens with zero attached hydrogens (tertiary/aromatic N) is 3. The Labute approximate surface area is 181 Å². The molecule has 1 saturated heterocycles. The summed E-state index contributed by atoms with van der Waals surface area (Å²) >= 11 is 1.75. The van der Waals surface area contributed by atoms with Crippen molar-refractivity contribution in [2.45, 2.75) is 49.8 Å². The fourth-order valence-corrected chi connectivity index (χ4v) is 5.95. The number of aromatic nitrogens is 2. The topological polar surface area (TPSA) is 81.3 Å². The van der Waals surface area contributed by atoms with Crippen LogP contribution < -0.4 is 10.6 Å². The average Bonchev–Trinajstić information content (AvgIpc) is 3.57. The van der Waals surface area contributed by atoms with E-state index in [-0.39, 0.29) is 18.1 Å². The SMILES string of the molecule is N[C@@H]1c2ccccc2CC12CCN(c1ncc(SCC3CC3)nc1COC=O)CC2. The molecule has 7 heteroatoms. The van der Waals surface area contributed by atoms with Gasteiger partial charge in [-0.3, -0.25) is 4.79 Å². The Morgan fingerprint density at radius 2 is 2.07 bits per heavy atom. The van der Waals surface area contributed by atoms with E-state index in [4.69, 9.17) is 20.4 Å². The molecule has 1 aromatic heterocycles. The van der Waals surface area contributed by atoms with Gasteiger partial charge in [-0.05, 0) is 54.6 Å². The van der Waals surface area contributed by atoms with Crippen LogP contribution in [0.15, 0.2) is 35.5 Å². The second kappa shape index (κ2) is 8.19. The Morgan fingerprint density at radius 1 is 1.27 bits per heavy atom. The average molecular weight is 425 g/mol. The number of fused-ring (bicyclic) bond motifs is 1. The first kappa shape index (κ1) is 19.8. The van der Waals surface area contributed by atoms with Crippen molar-refractivity contribution in [2.75, 3.05) is 23.7 Å². The first-order valence-corrected chi connectivity index (χ1v) is 11.8. The molecular formula is C23H28N4O2S. The zero-order chi connectivity index (χ0) is 20.6. The van der Waals surface area contributed by atoms with E-state index in [0.717, 1.165) is 60.6 Å². The van der Waals surface area contributed by atoms with Gasteiger partial charge in [0.1, 0.15) is 17.3 Å². The van der Waals surface area contributed by atoms with Gasteiger partial charge in [0.25, 0.3) is 6.47 Å². The van der Waals surface area contributed by atoms with Gasteiger partial charge in [-0.15, -0.1) is 11.8 Å². The summed E-state index contributed by atoms with van der Waals surface area (Å²) in [6, 6.07) is 8.69. The summed E-state index contributed by atoms with van der Waals surface area (Å²) < 4.78 is 5.06. The predicted octanol–water partition coefficient (Wildman–Crippen LogP) is 3.49. The highest BCUT2D eigenvalue weighted by molar-refractivity contribution is 7.99. The minimum absolute atomic E-state index is 0.0981. The molecule has 1 aliphatic heterocycles. The molecule has 3 aliphatic rings. The third kappa shape index (κ3) is 3.81. The highest BCUT2D eigenvalue weighted by atomic mass is 32.2. The number of carbonyl (C=O) groups excluding carboxylic acids is 1. The largest absolute Gasteiger partial charge is 0.461 e. The van der Waals surface area contributed by atoms with E-state index in [9.17, 15) is 4.79 Å².